The van der Waals surface area contributed by atoms with E-state index in [0.717, 1.165) is 5.56 Å². The number of benzene rings is 2. The molecule has 0 aliphatic rings. The van der Waals surface area contributed by atoms with Crippen molar-refractivity contribution in [3.8, 4) is 5.75 Å². The van der Waals surface area contributed by atoms with E-state index in [2.05, 4.69) is 4.72 Å². The van der Waals surface area contributed by atoms with Gasteiger partial charge in [0, 0.05) is 19.8 Å². The van der Waals surface area contributed by atoms with Crippen molar-refractivity contribution in [2.75, 3.05) is 25.4 Å². The van der Waals surface area contributed by atoms with Crippen molar-refractivity contribution < 1.29 is 17.9 Å². The minimum atomic E-state index is -3.66. The molecule has 0 saturated carbocycles. The molecule has 2 rings (SSSR count). The van der Waals surface area contributed by atoms with Gasteiger partial charge in [0.1, 0.15) is 5.75 Å². The Balaban J connectivity index is 2.08. The molecule has 0 saturated heterocycles. The SMILES string of the molecule is Cc1ccc(S(=O)(=O)Nc2ccc(OCC(=O)N(C)C)cc2)c(C)c1. The van der Waals surface area contributed by atoms with E-state index in [9.17, 15) is 13.2 Å². The second kappa shape index (κ2) is 7.57. The van der Waals surface area contributed by atoms with Crippen molar-refractivity contribution in [1.29, 1.82) is 0 Å². The summed E-state index contributed by atoms with van der Waals surface area (Å²) in [6.07, 6.45) is 0. The van der Waals surface area contributed by atoms with Gasteiger partial charge in [0.2, 0.25) is 0 Å². The zero-order valence-corrected chi connectivity index (χ0v) is 15.6. The molecule has 7 heteroatoms. The van der Waals surface area contributed by atoms with E-state index in [0.29, 0.717) is 17.0 Å². The molecule has 0 bridgehead atoms. The third-order valence-electron chi connectivity index (χ3n) is 3.59. The molecule has 0 atom stereocenters. The first-order valence-corrected chi connectivity index (χ1v) is 9.20. The Bertz CT molecular complexity index is 859. The Morgan fingerprint density at radius 2 is 1.72 bits per heavy atom. The number of hydrogen-bond acceptors (Lipinski definition) is 4. The quantitative estimate of drug-likeness (QED) is 0.857. The second-order valence-electron chi connectivity index (χ2n) is 5.98. The van der Waals surface area contributed by atoms with Gasteiger partial charge >= 0.3 is 0 Å². The highest BCUT2D eigenvalue weighted by Crippen LogP contribution is 2.22. The molecule has 0 fully saturated rings. The number of sulfonamides is 1. The summed E-state index contributed by atoms with van der Waals surface area (Å²) in [5.74, 6) is 0.337. The number of nitrogens with zero attached hydrogens (tertiary/aromatic N) is 1. The van der Waals surface area contributed by atoms with Gasteiger partial charge in [-0.3, -0.25) is 9.52 Å². The lowest BCUT2D eigenvalue weighted by Crippen LogP contribution is -2.27. The first-order chi connectivity index (χ1) is 11.7. The zero-order valence-electron chi connectivity index (χ0n) is 14.7. The molecule has 6 nitrogen and oxygen atoms in total. The van der Waals surface area contributed by atoms with Gasteiger partial charge in [-0.15, -0.1) is 0 Å². The summed E-state index contributed by atoms with van der Waals surface area (Å²) in [6, 6.07) is 11.6. The average molecular weight is 362 g/mol. The predicted octanol–water partition coefficient (Wildman–Crippen LogP) is 2.57. The smallest absolute Gasteiger partial charge is 0.262 e. The lowest BCUT2D eigenvalue weighted by Gasteiger charge is -2.13. The van der Waals surface area contributed by atoms with Gasteiger partial charge in [-0.25, -0.2) is 8.42 Å². The van der Waals surface area contributed by atoms with Crippen LogP contribution in [-0.2, 0) is 14.8 Å². The minimum absolute atomic E-state index is 0.0688. The molecule has 0 aliphatic carbocycles. The standard InChI is InChI=1S/C18H22N2O4S/c1-13-5-10-17(14(2)11-13)25(22,23)19-15-6-8-16(9-7-15)24-12-18(21)20(3)4/h5-11,19H,12H2,1-4H3. The van der Waals surface area contributed by atoms with Crippen molar-refractivity contribution >= 4 is 21.6 Å². The third kappa shape index (κ3) is 4.96. The molecule has 0 aliphatic heterocycles. The lowest BCUT2D eigenvalue weighted by atomic mass is 10.2. The average Bonchev–Trinajstić information content (AvgIpc) is 2.53. The molecule has 0 heterocycles. The number of likely N-dealkylation sites (N-methyl/N-ethyl adjacent to an activating group) is 1. The first-order valence-electron chi connectivity index (χ1n) is 7.72. The molecule has 2 aromatic carbocycles. The first kappa shape index (κ1) is 18.8. The second-order valence-corrected chi connectivity index (χ2v) is 7.63. The number of anilines is 1. The van der Waals surface area contributed by atoms with Gasteiger partial charge in [0.25, 0.3) is 15.9 Å². The van der Waals surface area contributed by atoms with Crippen LogP contribution < -0.4 is 9.46 Å². The van der Waals surface area contributed by atoms with Crippen molar-refractivity contribution in [3.05, 3.63) is 53.6 Å². The van der Waals surface area contributed by atoms with Crippen molar-refractivity contribution in [1.82, 2.24) is 4.90 Å². The molecular formula is C18H22N2O4S. The Morgan fingerprint density at radius 3 is 2.28 bits per heavy atom. The van der Waals surface area contributed by atoms with Crippen LogP contribution in [0, 0.1) is 13.8 Å². The highest BCUT2D eigenvalue weighted by Gasteiger charge is 2.17. The maximum atomic E-state index is 12.5. The summed E-state index contributed by atoms with van der Waals surface area (Å²) in [4.78, 5) is 13.2. The number of ether oxygens (including phenoxy) is 1. The van der Waals surface area contributed by atoms with Gasteiger partial charge in [-0.05, 0) is 49.7 Å². The fourth-order valence-corrected chi connectivity index (χ4v) is 3.49. The third-order valence-corrected chi connectivity index (χ3v) is 5.13. The van der Waals surface area contributed by atoms with Crippen LogP contribution in [0.4, 0.5) is 5.69 Å². The number of carbonyl (C=O) groups is 1. The molecular weight excluding hydrogens is 340 g/mol. The summed E-state index contributed by atoms with van der Waals surface area (Å²) in [7, 11) is -0.363. The molecule has 0 aromatic heterocycles. The Morgan fingerprint density at radius 1 is 1.08 bits per heavy atom. The summed E-state index contributed by atoms with van der Waals surface area (Å²) < 4.78 is 32.9. The highest BCUT2D eigenvalue weighted by atomic mass is 32.2. The zero-order chi connectivity index (χ0) is 18.6. The van der Waals surface area contributed by atoms with E-state index < -0.39 is 10.0 Å². The highest BCUT2D eigenvalue weighted by molar-refractivity contribution is 7.92. The number of carbonyl (C=O) groups excluding carboxylic acids is 1. The molecule has 25 heavy (non-hydrogen) atoms. The van der Waals surface area contributed by atoms with E-state index in [1.165, 1.54) is 4.90 Å². The summed E-state index contributed by atoms with van der Waals surface area (Å²) in [5, 5.41) is 0. The molecule has 2 aromatic rings. The number of amides is 1. The topological polar surface area (TPSA) is 75.7 Å². The fraction of sp³-hybridized carbons (Fsp3) is 0.278. The minimum Gasteiger partial charge on any atom is -0.484 e. The Labute approximate surface area is 148 Å². The van der Waals surface area contributed by atoms with Crippen molar-refractivity contribution in [2.24, 2.45) is 0 Å². The van der Waals surface area contributed by atoms with Crippen LogP contribution >= 0.6 is 0 Å². The summed E-state index contributed by atoms with van der Waals surface area (Å²) >= 11 is 0. The van der Waals surface area contributed by atoms with Gasteiger partial charge in [0.15, 0.2) is 6.61 Å². The van der Waals surface area contributed by atoms with Crippen LogP contribution in [0.3, 0.4) is 0 Å². The van der Waals surface area contributed by atoms with E-state index in [1.54, 1.807) is 57.4 Å². The molecule has 0 radical (unpaired) electrons. The van der Waals surface area contributed by atoms with Gasteiger partial charge in [-0.1, -0.05) is 17.7 Å². The maximum Gasteiger partial charge on any atom is 0.262 e. The number of rotatable bonds is 6. The van der Waals surface area contributed by atoms with Gasteiger partial charge in [-0.2, -0.15) is 0 Å². The van der Waals surface area contributed by atoms with E-state index >= 15 is 0 Å². The van der Waals surface area contributed by atoms with Crippen molar-refractivity contribution in [3.63, 3.8) is 0 Å². The molecule has 1 amide bonds. The fourth-order valence-electron chi connectivity index (χ4n) is 2.20. The van der Waals surface area contributed by atoms with E-state index in [1.807, 2.05) is 13.0 Å². The number of aryl methyl sites for hydroxylation is 2. The van der Waals surface area contributed by atoms with Crippen LogP contribution in [0.25, 0.3) is 0 Å². The van der Waals surface area contributed by atoms with E-state index in [-0.39, 0.29) is 17.4 Å². The van der Waals surface area contributed by atoms with Crippen LogP contribution in [0.1, 0.15) is 11.1 Å². The summed E-state index contributed by atoms with van der Waals surface area (Å²) in [6.45, 7) is 3.61. The largest absolute Gasteiger partial charge is 0.484 e. The van der Waals surface area contributed by atoms with Gasteiger partial charge in [0.05, 0.1) is 4.90 Å². The van der Waals surface area contributed by atoms with Crippen LogP contribution in [0.5, 0.6) is 5.75 Å². The maximum absolute atomic E-state index is 12.5. The molecule has 0 unspecified atom stereocenters. The predicted molar refractivity (Wildman–Crippen MR) is 97.4 cm³/mol. The molecule has 0 spiro atoms. The summed E-state index contributed by atoms with van der Waals surface area (Å²) in [5.41, 5.74) is 2.12. The Kier molecular flexibility index (Phi) is 5.69. The molecule has 1 N–H and O–H groups in total. The molecule has 134 valence electrons. The Hall–Kier alpha value is -2.54. The van der Waals surface area contributed by atoms with Gasteiger partial charge < -0.3 is 9.64 Å². The number of hydrogen-bond donors (Lipinski definition) is 1. The lowest BCUT2D eigenvalue weighted by molar-refractivity contribution is -0.130. The van der Waals surface area contributed by atoms with Crippen LogP contribution in [0.2, 0.25) is 0 Å². The normalized spacial score (nSPS) is 11.0. The van der Waals surface area contributed by atoms with Crippen LogP contribution in [-0.4, -0.2) is 39.9 Å². The monoisotopic (exact) mass is 362 g/mol. The van der Waals surface area contributed by atoms with Crippen LogP contribution in [0.15, 0.2) is 47.4 Å². The van der Waals surface area contributed by atoms with Crippen molar-refractivity contribution in [2.45, 2.75) is 18.7 Å². The van der Waals surface area contributed by atoms with E-state index in [4.69, 9.17) is 4.74 Å². The number of nitrogens with one attached hydrogen (secondary N) is 1.